The van der Waals surface area contributed by atoms with Crippen LogP contribution in [-0.2, 0) is 0 Å². The number of hydrogen-bond donors (Lipinski definition) is 1. The van der Waals surface area contributed by atoms with Gasteiger partial charge in [0.05, 0.1) is 23.5 Å². The van der Waals surface area contributed by atoms with Crippen molar-refractivity contribution in [2.75, 3.05) is 18.1 Å². The Morgan fingerprint density at radius 2 is 2.19 bits per heavy atom. The number of ether oxygens (including phenoxy) is 1. The predicted octanol–water partition coefficient (Wildman–Crippen LogP) is 3.19. The van der Waals surface area contributed by atoms with Crippen LogP contribution in [0.4, 0.5) is 15.9 Å². The molecule has 1 aromatic carbocycles. The zero-order valence-corrected chi connectivity index (χ0v) is 15.5. The van der Waals surface area contributed by atoms with Gasteiger partial charge < -0.3 is 15.0 Å². The number of fused-ring (bicyclic) bond motifs is 2. The van der Waals surface area contributed by atoms with Gasteiger partial charge in [0.15, 0.2) is 11.4 Å². The van der Waals surface area contributed by atoms with Crippen molar-refractivity contribution in [3.05, 3.63) is 47.0 Å². The van der Waals surface area contributed by atoms with Crippen LogP contribution >= 0.6 is 11.6 Å². The minimum absolute atomic E-state index is 0.0803. The van der Waals surface area contributed by atoms with Gasteiger partial charge in [-0.3, -0.25) is 4.79 Å². The second-order valence-corrected chi connectivity index (χ2v) is 6.82. The highest BCUT2D eigenvalue weighted by atomic mass is 35.5. The van der Waals surface area contributed by atoms with Gasteiger partial charge >= 0.3 is 0 Å². The van der Waals surface area contributed by atoms with Crippen molar-refractivity contribution in [1.29, 1.82) is 0 Å². The van der Waals surface area contributed by atoms with E-state index in [2.05, 4.69) is 15.4 Å². The molecule has 3 heterocycles. The van der Waals surface area contributed by atoms with Crippen molar-refractivity contribution in [3.8, 4) is 5.75 Å². The highest BCUT2D eigenvalue weighted by Gasteiger charge is 2.24. The normalized spacial score (nSPS) is 14.6. The highest BCUT2D eigenvalue weighted by Crippen LogP contribution is 2.40. The Balaban J connectivity index is 1.99. The van der Waals surface area contributed by atoms with Crippen LogP contribution in [0.5, 0.6) is 5.75 Å². The summed E-state index contributed by atoms with van der Waals surface area (Å²) >= 11 is 6.25. The average Bonchev–Trinajstić information content (AvgIpc) is 3.02. The molecule has 0 spiro atoms. The Labute approximate surface area is 159 Å². The fourth-order valence-electron chi connectivity index (χ4n) is 3.10. The minimum Gasteiger partial charge on any atom is -0.488 e. The molecule has 3 aromatic rings. The molecule has 1 N–H and O–H groups in total. The summed E-state index contributed by atoms with van der Waals surface area (Å²) in [5.74, 6) is 0.107. The van der Waals surface area contributed by atoms with Crippen molar-refractivity contribution in [2.45, 2.75) is 19.9 Å². The average molecular weight is 390 g/mol. The number of rotatable bonds is 1. The van der Waals surface area contributed by atoms with Crippen molar-refractivity contribution >= 4 is 34.7 Å². The summed E-state index contributed by atoms with van der Waals surface area (Å²) in [5, 5.41) is 7.09. The van der Waals surface area contributed by atoms with E-state index in [1.54, 1.807) is 12.3 Å². The number of nitrogens with zero attached hydrogens (tertiary/aromatic N) is 4. The molecular formula is C18H17ClFN5O2. The lowest BCUT2D eigenvalue weighted by Gasteiger charge is -2.30. The Kier molecular flexibility index (Phi) is 4.35. The Morgan fingerprint density at radius 3 is 2.96 bits per heavy atom. The molecule has 0 saturated heterocycles. The fraction of sp³-hybridized carbons (Fsp3) is 0.278. The quantitative estimate of drug-likeness (QED) is 0.692. The van der Waals surface area contributed by atoms with Gasteiger partial charge in [0, 0.05) is 18.3 Å². The second kappa shape index (κ2) is 6.70. The van der Waals surface area contributed by atoms with Crippen LogP contribution in [0.2, 0.25) is 5.02 Å². The van der Waals surface area contributed by atoms with Crippen LogP contribution in [0.1, 0.15) is 24.2 Å². The van der Waals surface area contributed by atoms with Crippen LogP contribution < -0.4 is 15.0 Å². The summed E-state index contributed by atoms with van der Waals surface area (Å²) in [6.45, 7) is 4.33. The van der Waals surface area contributed by atoms with Gasteiger partial charge in [0.1, 0.15) is 23.8 Å². The molecule has 0 atom stereocenters. The fourth-order valence-corrected chi connectivity index (χ4v) is 3.36. The van der Waals surface area contributed by atoms with Crippen molar-refractivity contribution in [3.63, 3.8) is 0 Å². The maximum Gasteiger partial charge on any atom is 0.256 e. The predicted molar refractivity (Wildman–Crippen MR) is 99.5 cm³/mol. The number of carbonyl (C=O) groups is 1. The van der Waals surface area contributed by atoms with E-state index < -0.39 is 5.82 Å². The number of aromatic nitrogens is 3. The lowest BCUT2D eigenvalue weighted by Crippen LogP contribution is -2.31. The van der Waals surface area contributed by atoms with Crippen molar-refractivity contribution in [1.82, 2.24) is 19.9 Å². The number of carbonyl (C=O) groups excluding carboxylic acids is 1. The first-order valence-electron chi connectivity index (χ1n) is 8.49. The van der Waals surface area contributed by atoms with E-state index in [1.807, 2.05) is 18.7 Å². The standard InChI is InChI=1S/C18H17ClFN5O2/c1-10(2)25-14-8-11(20)7-13(19)16(14)27-6-4-21-18(26)12-9-22-24-5-3-15(25)23-17(12)24/h3,5,7-10H,4,6H2,1-2H3,(H,21,26). The number of nitrogens with one attached hydrogen (secondary N) is 1. The van der Waals surface area contributed by atoms with Gasteiger partial charge in [-0.1, -0.05) is 11.6 Å². The van der Waals surface area contributed by atoms with E-state index in [1.165, 1.54) is 22.8 Å². The molecular weight excluding hydrogens is 373 g/mol. The van der Waals surface area contributed by atoms with Crippen molar-refractivity contribution < 1.29 is 13.9 Å². The topological polar surface area (TPSA) is 71.8 Å². The van der Waals surface area contributed by atoms with Gasteiger partial charge in [-0.15, -0.1) is 0 Å². The smallest absolute Gasteiger partial charge is 0.256 e. The SMILES string of the molecule is CC(C)N1c2ccn3ncc(c3n2)C(=O)NCCOc2c(Cl)cc(F)cc21. The molecule has 0 unspecified atom stereocenters. The Morgan fingerprint density at radius 1 is 1.37 bits per heavy atom. The van der Waals surface area contributed by atoms with Gasteiger partial charge in [0.25, 0.3) is 5.91 Å². The lowest BCUT2D eigenvalue weighted by atomic mass is 10.2. The van der Waals surface area contributed by atoms with Crippen LogP contribution in [-0.4, -0.2) is 39.7 Å². The van der Waals surface area contributed by atoms with Crippen LogP contribution in [0.25, 0.3) is 5.65 Å². The summed E-state index contributed by atoms with van der Waals surface area (Å²) in [4.78, 5) is 18.9. The maximum absolute atomic E-state index is 14.1. The van der Waals surface area contributed by atoms with Gasteiger partial charge in [0.2, 0.25) is 0 Å². The third kappa shape index (κ3) is 3.06. The second-order valence-electron chi connectivity index (χ2n) is 6.42. The molecule has 1 amide bonds. The van der Waals surface area contributed by atoms with E-state index in [-0.39, 0.29) is 30.1 Å². The molecule has 2 aromatic heterocycles. The van der Waals surface area contributed by atoms with Gasteiger partial charge in [-0.2, -0.15) is 5.10 Å². The molecule has 9 heteroatoms. The van der Waals surface area contributed by atoms with E-state index in [9.17, 15) is 9.18 Å². The zero-order chi connectivity index (χ0) is 19.1. The number of benzene rings is 1. The van der Waals surface area contributed by atoms with Crippen LogP contribution in [0, 0.1) is 5.82 Å². The largest absolute Gasteiger partial charge is 0.488 e. The Bertz CT molecular complexity index is 1040. The molecule has 0 saturated carbocycles. The number of anilines is 2. The summed E-state index contributed by atoms with van der Waals surface area (Å²) in [7, 11) is 0. The summed E-state index contributed by atoms with van der Waals surface area (Å²) in [6.07, 6.45) is 3.18. The monoisotopic (exact) mass is 389 g/mol. The minimum atomic E-state index is -0.473. The number of amides is 1. The molecule has 0 radical (unpaired) electrons. The molecule has 1 aliphatic rings. The molecule has 7 nitrogen and oxygen atoms in total. The van der Waals surface area contributed by atoms with E-state index in [0.717, 1.165) is 0 Å². The first kappa shape index (κ1) is 17.5. The molecule has 2 bridgehead atoms. The maximum atomic E-state index is 14.1. The molecule has 140 valence electrons. The van der Waals surface area contributed by atoms with Crippen LogP contribution in [0.15, 0.2) is 30.6 Å². The number of hydrogen-bond acceptors (Lipinski definition) is 5. The van der Waals surface area contributed by atoms with Crippen LogP contribution in [0.3, 0.4) is 0 Å². The lowest BCUT2D eigenvalue weighted by molar-refractivity contribution is 0.0948. The van der Waals surface area contributed by atoms with Gasteiger partial charge in [-0.25, -0.2) is 13.9 Å². The summed E-state index contributed by atoms with van der Waals surface area (Å²) < 4.78 is 21.5. The summed E-state index contributed by atoms with van der Waals surface area (Å²) in [6, 6.07) is 4.24. The molecule has 0 fully saturated rings. The third-order valence-corrected chi connectivity index (χ3v) is 4.53. The molecule has 0 aliphatic carbocycles. The molecule has 1 aliphatic heterocycles. The molecule has 4 rings (SSSR count). The van der Waals surface area contributed by atoms with Gasteiger partial charge in [-0.05, 0) is 26.0 Å². The molecule has 27 heavy (non-hydrogen) atoms. The third-order valence-electron chi connectivity index (χ3n) is 4.24. The first-order chi connectivity index (χ1) is 13.0. The van der Waals surface area contributed by atoms with E-state index in [0.29, 0.717) is 28.5 Å². The number of halogens is 2. The summed E-state index contributed by atoms with van der Waals surface area (Å²) in [5.41, 5.74) is 1.25. The highest BCUT2D eigenvalue weighted by molar-refractivity contribution is 6.32. The first-order valence-corrected chi connectivity index (χ1v) is 8.87. The van der Waals surface area contributed by atoms with Crippen molar-refractivity contribution in [2.24, 2.45) is 0 Å². The van der Waals surface area contributed by atoms with E-state index >= 15 is 0 Å². The zero-order valence-electron chi connectivity index (χ0n) is 14.7. The Hall–Kier alpha value is -2.87. The van der Waals surface area contributed by atoms with E-state index in [4.69, 9.17) is 16.3 Å².